The van der Waals surface area contributed by atoms with Gasteiger partial charge in [0.15, 0.2) is 6.29 Å². The van der Waals surface area contributed by atoms with Crippen LogP contribution in [-0.2, 0) is 40.8 Å². The van der Waals surface area contributed by atoms with E-state index < -0.39 is 26.3 Å². The normalized spacial score (nSPS) is 20.7. The van der Waals surface area contributed by atoms with E-state index in [1.807, 2.05) is 91.0 Å². The van der Waals surface area contributed by atoms with Crippen LogP contribution in [0.3, 0.4) is 0 Å². The fourth-order valence-electron chi connectivity index (χ4n) is 3.33. The summed E-state index contributed by atoms with van der Waals surface area (Å²) in [5.41, 5.74) is 2.49. The quantitative estimate of drug-likeness (QED) is 0.394. The Morgan fingerprint density at radius 1 is 0.697 bits per heavy atom. The first-order valence-corrected chi connectivity index (χ1v) is 12.2. The van der Waals surface area contributed by atoms with Crippen molar-refractivity contribution in [1.82, 2.24) is 0 Å². The molecule has 1 aliphatic heterocycles. The third kappa shape index (κ3) is 6.82. The molecule has 0 bridgehead atoms. The van der Waals surface area contributed by atoms with E-state index in [0.29, 0.717) is 0 Å². The van der Waals surface area contributed by atoms with Gasteiger partial charge in [-0.25, -0.2) is 4.57 Å². The molecular weight excluding hydrogens is 443 g/mol. The Labute approximate surface area is 193 Å². The van der Waals surface area contributed by atoms with Gasteiger partial charge in [-0.15, -0.1) is 0 Å². The molecule has 0 amide bonds. The number of aliphatic hydroxyl groups is 1. The summed E-state index contributed by atoms with van der Waals surface area (Å²) in [4.78, 5) is 0. The first-order chi connectivity index (χ1) is 16.1. The maximum Gasteiger partial charge on any atom is 0.475 e. The first kappa shape index (κ1) is 23.8. The number of aliphatic hydroxyl groups excluding tert-OH is 1. The lowest BCUT2D eigenvalue weighted by molar-refractivity contribution is -0.0773. The van der Waals surface area contributed by atoms with Crippen molar-refractivity contribution in [1.29, 1.82) is 0 Å². The zero-order valence-corrected chi connectivity index (χ0v) is 19.0. The van der Waals surface area contributed by atoms with Crippen molar-refractivity contribution < 1.29 is 32.7 Å². The molecule has 0 spiro atoms. The molecule has 3 aromatic rings. The number of hydrogen-bond acceptors (Lipinski definition) is 7. The maximum atomic E-state index is 13.4. The molecule has 0 aliphatic carbocycles. The molecule has 0 aromatic heterocycles. The Kier molecular flexibility index (Phi) is 8.42. The second kappa shape index (κ2) is 11.7. The highest BCUT2D eigenvalue weighted by Gasteiger charge is 2.39. The smallest absolute Gasteiger partial charge is 0.394 e. The Balaban J connectivity index is 1.41. The van der Waals surface area contributed by atoms with E-state index in [2.05, 4.69) is 0 Å². The van der Waals surface area contributed by atoms with Gasteiger partial charge in [0.25, 0.3) is 0 Å². The summed E-state index contributed by atoms with van der Waals surface area (Å²) in [6, 6.07) is 28.1. The van der Waals surface area contributed by atoms with E-state index in [9.17, 15) is 9.67 Å². The summed E-state index contributed by atoms with van der Waals surface area (Å²) in [5, 5.41) is 9.74. The molecule has 1 fully saturated rings. The number of rotatable bonds is 11. The summed E-state index contributed by atoms with van der Waals surface area (Å²) >= 11 is 0. The van der Waals surface area contributed by atoms with Crippen LogP contribution in [0.5, 0.6) is 0 Å². The van der Waals surface area contributed by atoms with Crippen molar-refractivity contribution in [2.45, 2.75) is 31.7 Å². The van der Waals surface area contributed by atoms with E-state index in [1.54, 1.807) is 0 Å². The van der Waals surface area contributed by atoms with Crippen LogP contribution in [0.1, 0.15) is 23.0 Å². The van der Waals surface area contributed by atoms with Crippen LogP contribution in [0.25, 0.3) is 0 Å². The van der Waals surface area contributed by atoms with Gasteiger partial charge >= 0.3 is 7.82 Å². The lowest BCUT2D eigenvalue weighted by atomic mass is 10.2. The molecule has 1 unspecified atom stereocenters. The fourth-order valence-corrected chi connectivity index (χ4v) is 4.50. The van der Waals surface area contributed by atoms with E-state index in [4.69, 9.17) is 23.0 Å². The predicted molar refractivity (Wildman–Crippen MR) is 122 cm³/mol. The minimum atomic E-state index is -3.95. The summed E-state index contributed by atoms with van der Waals surface area (Å²) in [6.45, 7) is -0.275. The molecule has 1 N–H and O–H groups in total. The van der Waals surface area contributed by atoms with Crippen LogP contribution < -0.4 is 0 Å². The van der Waals surface area contributed by atoms with Gasteiger partial charge in [0.05, 0.1) is 26.4 Å². The zero-order valence-electron chi connectivity index (χ0n) is 18.1. The molecule has 1 aliphatic rings. The molecule has 1 saturated heterocycles. The Morgan fingerprint density at radius 3 is 1.70 bits per heavy atom. The summed E-state index contributed by atoms with van der Waals surface area (Å²) < 4.78 is 42.1. The second-order valence-electron chi connectivity index (χ2n) is 7.54. The van der Waals surface area contributed by atoms with E-state index in [1.165, 1.54) is 0 Å². The van der Waals surface area contributed by atoms with Crippen LogP contribution in [-0.4, -0.2) is 30.5 Å². The maximum absolute atomic E-state index is 13.4. The lowest BCUT2D eigenvalue weighted by Crippen LogP contribution is -2.30. The Hall–Kier alpha value is -2.35. The first-order valence-electron chi connectivity index (χ1n) is 10.7. The van der Waals surface area contributed by atoms with Crippen molar-refractivity contribution in [3.05, 3.63) is 108 Å². The van der Waals surface area contributed by atoms with E-state index >= 15 is 0 Å². The molecule has 1 heterocycles. The Bertz CT molecular complexity index is 969. The van der Waals surface area contributed by atoms with Crippen LogP contribution in [0.15, 0.2) is 91.0 Å². The highest BCUT2D eigenvalue weighted by molar-refractivity contribution is 7.48. The molecule has 8 heteroatoms. The minimum Gasteiger partial charge on any atom is -0.394 e. The van der Waals surface area contributed by atoms with Crippen LogP contribution >= 0.6 is 7.82 Å². The van der Waals surface area contributed by atoms with Crippen LogP contribution in [0.4, 0.5) is 0 Å². The number of phosphoric acid groups is 1. The van der Waals surface area contributed by atoms with Gasteiger partial charge in [0.1, 0.15) is 12.2 Å². The molecular formula is C25H27O7P. The molecule has 33 heavy (non-hydrogen) atoms. The number of ether oxygens (including phenoxy) is 2. The average molecular weight is 470 g/mol. The van der Waals surface area contributed by atoms with Gasteiger partial charge in [-0.2, -0.15) is 0 Å². The minimum absolute atomic E-state index is 0.0605. The van der Waals surface area contributed by atoms with Crippen molar-refractivity contribution in [3.63, 3.8) is 0 Å². The van der Waals surface area contributed by atoms with Gasteiger partial charge in [0, 0.05) is 5.56 Å². The zero-order chi connectivity index (χ0) is 22.9. The van der Waals surface area contributed by atoms with Gasteiger partial charge in [-0.1, -0.05) is 91.0 Å². The molecule has 0 saturated carbocycles. The van der Waals surface area contributed by atoms with Gasteiger partial charge < -0.3 is 14.6 Å². The number of benzene rings is 3. The SMILES string of the molecule is O=P(OCc1ccccc1)(OCc1ccccc1)OC[C@H]1OC(c2ccccc2)O[C@@H]1CO. The fraction of sp³-hybridized carbons (Fsp3) is 0.280. The van der Waals surface area contributed by atoms with Gasteiger partial charge in [0.2, 0.25) is 0 Å². The topological polar surface area (TPSA) is 83.5 Å². The third-order valence-electron chi connectivity index (χ3n) is 5.12. The molecule has 7 nitrogen and oxygen atoms in total. The summed E-state index contributed by atoms with van der Waals surface area (Å²) in [7, 11) is -3.95. The second-order valence-corrected chi connectivity index (χ2v) is 9.20. The highest BCUT2D eigenvalue weighted by Crippen LogP contribution is 2.51. The Morgan fingerprint density at radius 2 is 1.18 bits per heavy atom. The molecule has 3 aromatic carbocycles. The monoisotopic (exact) mass is 470 g/mol. The third-order valence-corrected chi connectivity index (χ3v) is 6.48. The molecule has 3 atom stereocenters. The largest absolute Gasteiger partial charge is 0.475 e. The number of hydrogen-bond donors (Lipinski definition) is 1. The highest BCUT2D eigenvalue weighted by atomic mass is 31.2. The standard InChI is InChI=1S/C25H27O7P/c26-16-23-24(32-25(31-23)22-14-8-3-9-15-22)19-30-33(27,28-17-20-10-4-1-5-11-20)29-18-21-12-6-2-7-13-21/h1-15,23-26H,16-19H2/t23-,24-,25?/m1/s1. The van der Waals surface area contributed by atoms with Crippen molar-refractivity contribution in [3.8, 4) is 0 Å². The lowest BCUT2D eigenvalue weighted by Gasteiger charge is -2.21. The van der Waals surface area contributed by atoms with E-state index in [0.717, 1.165) is 16.7 Å². The summed E-state index contributed by atoms with van der Waals surface area (Å²) in [6.07, 6.45) is -1.92. The average Bonchev–Trinajstić information content (AvgIpc) is 3.31. The van der Waals surface area contributed by atoms with Gasteiger partial charge in [-0.3, -0.25) is 13.6 Å². The van der Waals surface area contributed by atoms with Crippen LogP contribution in [0, 0.1) is 0 Å². The van der Waals surface area contributed by atoms with E-state index in [-0.39, 0.29) is 26.4 Å². The predicted octanol–water partition coefficient (Wildman–Crippen LogP) is 5.02. The van der Waals surface area contributed by atoms with Crippen molar-refractivity contribution in [2.24, 2.45) is 0 Å². The summed E-state index contributed by atoms with van der Waals surface area (Å²) in [5.74, 6) is 0. The molecule has 4 rings (SSSR count). The molecule has 174 valence electrons. The van der Waals surface area contributed by atoms with Crippen molar-refractivity contribution >= 4 is 7.82 Å². The molecule has 0 radical (unpaired) electrons. The van der Waals surface area contributed by atoms with Crippen molar-refractivity contribution in [2.75, 3.05) is 13.2 Å². The van der Waals surface area contributed by atoms with Crippen LogP contribution in [0.2, 0.25) is 0 Å². The number of phosphoric ester groups is 1. The van der Waals surface area contributed by atoms with Gasteiger partial charge in [-0.05, 0) is 11.1 Å².